The van der Waals surface area contributed by atoms with Gasteiger partial charge in [-0.15, -0.1) is 0 Å². The van der Waals surface area contributed by atoms with Crippen LogP contribution in [-0.2, 0) is 27.3 Å². The van der Waals surface area contributed by atoms with E-state index in [0.29, 0.717) is 26.2 Å². The van der Waals surface area contributed by atoms with E-state index in [1.54, 1.807) is 11.2 Å². The Balaban J connectivity index is 1.38. The summed E-state index contributed by atoms with van der Waals surface area (Å²) in [6.45, 7) is 5.06. The molecule has 1 saturated heterocycles. The average Bonchev–Trinajstić information content (AvgIpc) is 3.33. The lowest BCUT2D eigenvalue weighted by Crippen LogP contribution is -2.54. The number of hydrogen-bond donors (Lipinski definition) is 1. The minimum atomic E-state index is -0.620. The van der Waals surface area contributed by atoms with Gasteiger partial charge < -0.3 is 19.5 Å². The Morgan fingerprint density at radius 1 is 0.968 bits per heavy atom. The van der Waals surface area contributed by atoms with E-state index in [1.807, 2.05) is 18.2 Å². The zero-order chi connectivity index (χ0) is 21.8. The van der Waals surface area contributed by atoms with Crippen molar-refractivity contribution in [3.05, 3.63) is 59.5 Å². The van der Waals surface area contributed by atoms with Crippen LogP contribution in [-0.4, -0.2) is 71.7 Å². The third kappa shape index (κ3) is 4.80. The number of furan rings is 1. The minimum absolute atomic E-state index is 0.0130. The summed E-state index contributed by atoms with van der Waals surface area (Å²) in [5, 5.41) is 2.81. The highest BCUT2D eigenvalue weighted by Gasteiger charge is 2.30. The van der Waals surface area contributed by atoms with E-state index in [2.05, 4.69) is 28.4 Å². The highest BCUT2D eigenvalue weighted by Crippen LogP contribution is 2.27. The van der Waals surface area contributed by atoms with Crippen LogP contribution in [0.15, 0.2) is 47.1 Å². The molecule has 3 amide bonds. The molecule has 8 nitrogen and oxygen atoms in total. The van der Waals surface area contributed by atoms with Gasteiger partial charge in [-0.1, -0.05) is 24.3 Å². The molecular formula is C23H28N4O4. The Labute approximate surface area is 181 Å². The first-order valence-electron chi connectivity index (χ1n) is 10.7. The first kappa shape index (κ1) is 21.1. The van der Waals surface area contributed by atoms with Gasteiger partial charge in [0.25, 0.3) is 0 Å². The molecule has 0 radical (unpaired) electrons. The highest BCUT2D eigenvalue weighted by atomic mass is 16.3. The third-order valence-electron chi connectivity index (χ3n) is 6.13. The standard InChI is InChI=1S/C23H28N4O4/c1-17(28)25-10-12-26(13-11-25)23(30)22(29)24-15-20(21-7-4-14-31-21)27-9-8-18-5-2-3-6-19(18)16-27/h2-7,14,20H,8-13,15-16H2,1H3,(H,24,29)/t20-/m0/s1. The summed E-state index contributed by atoms with van der Waals surface area (Å²) in [7, 11) is 0. The van der Waals surface area contributed by atoms with Crippen LogP contribution in [0.1, 0.15) is 29.9 Å². The molecular weight excluding hydrogens is 396 g/mol. The fourth-order valence-corrected chi connectivity index (χ4v) is 4.31. The van der Waals surface area contributed by atoms with E-state index in [0.717, 1.165) is 25.3 Å². The molecule has 1 fully saturated rings. The lowest BCUT2D eigenvalue weighted by molar-refractivity contribution is -0.148. The number of amides is 3. The fraction of sp³-hybridized carbons (Fsp3) is 0.435. The molecule has 0 bridgehead atoms. The quantitative estimate of drug-likeness (QED) is 0.745. The van der Waals surface area contributed by atoms with Crippen molar-refractivity contribution in [1.29, 1.82) is 0 Å². The van der Waals surface area contributed by atoms with E-state index in [9.17, 15) is 14.4 Å². The molecule has 1 N–H and O–H groups in total. The van der Waals surface area contributed by atoms with Gasteiger partial charge >= 0.3 is 11.8 Å². The van der Waals surface area contributed by atoms with Crippen molar-refractivity contribution in [2.24, 2.45) is 0 Å². The topological polar surface area (TPSA) is 86.1 Å². The van der Waals surface area contributed by atoms with Gasteiger partial charge in [-0.3, -0.25) is 19.3 Å². The molecule has 0 saturated carbocycles. The average molecular weight is 425 g/mol. The number of hydrogen-bond acceptors (Lipinski definition) is 5. The lowest BCUT2D eigenvalue weighted by Gasteiger charge is -2.35. The number of nitrogens with one attached hydrogen (secondary N) is 1. The lowest BCUT2D eigenvalue weighted by atomic mass is 9.98. The summed E-state index contributed by atoms with van der Waals surface area (Å²) < 4.78 is 5.65. The second kappa shape index (κ2) is 9.34. The first-order valence-corrected chi connectivity index (χ1v) is 10.7. The Morgan fingerprint density at radius 3 is 2.35 bits per heavy atom. The Hall–Kier alpha value is -3.13. The third-order valence-corrected chi connectivity index (χ3v) is 6.13. The van der Waals surface area contributed by atoms with Crippen LogP contribution >= 0.6 is 0 Å². The predicted octanol–water partition coefficient (Wildman–Crippen LogP) is 1.19. The zero-order valence-electron chi connectivity index (χ0n) is 17.8. The first-order chi connectivity index (χ1) is 15.0. The molecule has 31 heavy (non-hydrogen) atoms. The second-order valence-electron chi connectivity index (χ2n) is 8.03. The second-order valence-corrected chi connectivity index (χ2v) is 8.03. The molecule has 1 aromatic carbocycles. The number of benzene rings is 1. The molecule has 2 aromatic rings. The minimum Gasteiger partial charge on any atom is -0.468 e. The maximum absolute atomic E-state index is 12.6. The summed E-state index contributed by atoms with van der Waals surface area (Å²) in [5.74, 6) is -0.418. The summed E-state index contributed by atoms with van der Waals surface area (Å²) >= 11 is 0. The van der Waals surface area contributed by atoms with Crippen molar-refractivity contribution in [2.45, 2.75) is 25.9 Å². The van der Waals surface area contributed by atoms with E-state index in [-0.39, 0.29) is 18.5 Å². The summed E-state index contributed by atoms with van der Waals surface area (Å²) in [6, 6.07) is 12.0. The molecule has 1 aromatic heterocycles. The van der Waals surface area contributed by atoms with Gasteiger partial charge in [0.05, 0.1) is 12.3 Å². The summed E-state index contributed by atoms with van der Waals surface area (Å²) in [6.07, 6.45) is 2.56. The van der Waals surface area contributed by atoms with Gasteiger partial charge in [0.2, 0.25) is 5.91 Å². The van der Waals surface area contributed by atoms with Gasteiger partial charge in [0, 0.05) is 52.7 Å². The van der Waals surface area contributed by atoms with Crippen LogP contribution in [0.25, 0.3) is 0 Å². The molecule has 8 heteroatoms. The van der Waals surface area contributed by atoms with E-state index >= 15 is 0 Å². The normalized spacial score (nSPS) is 17.7. The summed E-state index contributed by atoms with van der Waals surface area (Å²) in [4.78, 5) is 42.1. The number of fused-ring (bicyclic) bond motifs is 1. The predicted molar refractivity (Wildman–Crippen MR) is 114 cm³/mol. The van der Waals surface area contributed by atoms with Gasteiger partial charge in [-0.25, -0.2) is 0 Å². The largest absolute Gasteiger partial charge is 0.468 e. The molecule has 0 spiro atoms. The molecule has 2 aliphatic rings. The van der Waals surface area contributed by atoms with Crippen molar-refractivity contribution in [3.8, 4) is 0 Å². The van der Waals surface area contributed by atoms with Crippen LogP contribution in [0, 0.1) is 0 Å². The zero-order valence-corrected chi connectivity index (χ0v) is 17.8. The van der Waals surface area contributed by atoms with Crippen molar-refractivity contribution >= 4 is 17.7 Å². The van der Waals surface area contributed by atoms with Crippen LogP contribution in [0.5, 0.6) is 0 Å². The molecule has 0 unspecified atom stereocenters. The molecule has 4 rings (SSSR count). The number of piperazine rings is 1. The van der Waals surface area contributed by atoms with E-state index in [4.69, 9.17) is 4.42 Å². The number of rotatable bonds is 4. The molecule has 164 valence electrons. The number of nitrogens with zero attached hydrogens (tertiary/aromatic N) is 3. The van der Waals surface area contributed by atoms with Crippen LogP contribution in [0.4, 0.5) is 0 Å². The molecule has 1 atom stereocenters. The number of carbonyl (C=O) groups is 3. The van der Waals surface area contributed by atoms with E-state index in [1.165, 1.54) is 23.0 Å². The van der Waals surface area contributed by atoms with Crippen LogP contribution < -0.4 is 5.32 Å². The monoisotopic (exact) mass is 424 g/mol. The SMILES string of the molecule is CC(=O)N1CCN(C(=O)C(=O)NC[C@@H](c2ccco2)N2CCc3ccccc3C2)CC1. The Kier molecular flexibility index (Phi) is 6.36. The fourth-order valence-electron chi connectivity index (χ4n) is 4.31. The van der Waals surface area contributed by atoms with Crippen molar-refractivity contribution in [1.82, 2.24) is 20.0 Å². The van der Waals surface area contributed by atoms with Crippen molar-refractivity contribution in [3.63, 3.8) is 0 Å². The molecule has 0 aliphatic carbocycles. The van der Waals surface area contributed by atoms with Crippen molar-refractivity contribution < 1.29 is 18.8 Å². The van der Waals surface area contributed by atoms with Gasteiger partial charge in [-0.2, -0.15) is 0 Å². The van der Waals surface area contributed by atoms with Crippen LogP contribution in [0.3, 0.4) is 0 Å². The smallest absolute Gasteiger partial charge is 0.312 e. The molecule has 2 aliphatic heterocycles. The van der Waals surface area contributed by atoms with Crippen LogP contribution in [0.2, 0.25) is 0 Å². The van der Waals surface area contributed by atoms with Gasteiger partial charge in [0.15, 0.2) is 0 Å². The Morgan fingerprint density at radius 2 is 1.68 bits per heavy atom. The maximum Gasteiger partial charge on any atom is 0.312 e. The van der Waals surface area contributed by atoms with Gasteiger partial charge in [0.1, 0.15) is 5.76 Å². The summed E-state index contributed by atoms with van der Waals surface area (Å²) in [5.41, 5.74) is 2.62. The van der Waals surface area contributed by atoms with Gasteiger partial charge in [-0.05, 0) is 29.7 Å². The van der Waals surface area contributed by atoms with E-state index < -0.39 is 11.8 Å². The number of carbonyl (C=O) groups excluding carboxylic acids is 3. The Bertz CT molecular complexity index is 935. The highest BCUT2D eigenvalue weighted by molar-refractivity contribution is 6.35. The maximum atomic E-state index is 12.6. The molecule has 3 heterocycles. The van der Waals surface area contributed by atoms with Crippen molar-refractivity contribution in [2.75, 3.05) is 39.3 Å².